The molecule has 53 heavy (non-hydrogen) atoms. The molecule has 3 heterocycles. The molecule has 0 amide bonds. The van der Waals surface area contributed by atoms with Crippen LogP contribution in [0.3, 0.4) is 0 Å². The van der Waals surface area contributed by atoms with Crippen molar-refractivity contribution in [3.63, 3.8) is 0 Å². The van der Waals surface area contributed by atoms with Crippen LogP contribution < -0.4 is 10.2 Å². The second kappa shape index (κ2) is 13.9. The van der Waals surface area contributed by atoms with Crippen LogP contribution in [0.2, 0.25) is 0 Å². The van der Waals surface area contributed by atoms with Crippen molar-refractivity contribution in [1.29, 1.82) is 0 Å². The van der Waals surface area contributed by atoms with Gasteiger partial charge in [-0.3, -0.25) is 0 Å². The van der Waals surface area contributed by atoms with E-state index in [2.05, 4.69) is 168 Å². The maximum atomic E-state index is 3.66. The molecule has 1 atom stereocenters. The summed E-state index contributed by atoms with van der Waals surface area (Å²) in [7, 11) is 0. The smallest absolute Gasteiger partial charge is 0.0458 e. The molecule has 0 radical (unpaired) electrons. The largest absolute Gasteiger partial charge is 0.314 e. The number of benzene rings is 4. The third-order valence-corrected chi connectivity index (χ3v) is 13.5. The molecule has 0 bridgehead atoms. The minimum absolute atomic E-state index is 0.456. The summed E-state index contributed by atoms with van der Waals surface area (Å²) >= 11 is 3.73. The van der Waals surface area contributed by atoms with Gasteiger partial charge in [0.05, 0.1) is 0 Å². The third-order valence-electron chi connectivity index (χ3n) is 11.2. The number of nitrogens with zero attached hydrogens (tertiary/aromatic N) is 1. The molecule has 258 valence electrons. The number of nitrogens with one attached hydrogen (secondary N) is 1. The van der Waals surface area contributed by atoms with E-state index in [9.17, 15) is 0 Å². The standard InChI is InChI=1S/C49H40N2S2/c1-3-9-46-40(6-1)31-48(52-46)37-19-25-43(26-20-37)51(44-27-21-38(22-28-44)49-32-41-7-2-4-10-47(41)53-49)42-23-17-34(18-24-42)33-11-13-35(14-12-33)39-16-15-36-8-5-29-50-45(36)30-39/h1-11,13,15-17,19-23,25-28,31-32,45,50H,12,14,18,24,29-30H2. The molecule has 1 N–H and O–H groups in total. The Labute approximate surface area is 319 Å². The van der Waals surface area contributed by atoms with Crippen molar-refractivity contribution in [1.82, 2.24) is 5.32 Å². The van der Waals surface area contributed by atoms with Crippen molar-refractivity contribution in [2.75, 3.05) is 11.4 Å². The van der Waals surface area contributed by atoms with Crippen LogP contribution in [-0.2, 0) is 0 Å². The lowest BCUT2D eigenvalue weighted by atomic mass is 9.82. The van der Waals surface area contributed by atoms with Crippen LogP contribution in [0, 0.1) is 0 Å². The SMILES string of the molecule is C1=CC2=CC=C(C3=CC=C(C4=CC=C(N(c5ccc(-c6cc7ccccc7s6)cc5)c5ccc(-c6cc7ccccc7s6)cc5)CC4)CC3)CC2NC1. The summed E-state index contributed by atoms with van der Waals surface area (Å²) in [6.07, 6.45) is 24.1. The number of thiophene rings is 2. The molecule has 2 aromatic heterocycles. The fourth-order valence-electron chi connectivity index (χ4n) is 8.25. The molecule has 10 rings (SSSR count). The second-order valence-corrected chi connectivity index (χ2v) is 16.6. The van der Waals surface area contributed by atoms with E-state index in [4.69, 9.17) is 0 Å². The first-order valence-corrected chi connectivity index (χ1v) is 20.4. The quantitative estimate of drug-likeness (QED) is 0.177. The number of anilines is 2. The Morgan fingerprint density at radius 2 is 1.06 bits per heavy atom. The zero-order valence-corrected chi connectivity index (χ0v) is 31.2. The topological polar surface area (TPSA) is 15.3 Å². The van der Waals surface area contributed by atoms with Gasteiger partial charge in [0.2, 0.25) is 0 Å². The van der Waals surface area contributed by atoms with Gasteiger partial charge in [-0.2, -0.15) is 0 Å². The van der Waals surface area contributed by atoms with Crippen LogP contribution in [-0.4, -0.2) is 12.6 Å². The van der Waals surface area contributed by atoms with Crippen molar-refractivity contribution >= 4 is 54.2 Å². The van der Waals surface area contributed by atoms with Crippen molar-refractivity contribution in [3.8, 4) is 20.9 Å². The van der Waals surface area contributed by atoms with Gasteiger partial charge >= 0.3 is 0 Å². The Morgan fingerprint density at radius 3 is 1.60 bits per heavy atom. The molecule has 1 aliphatic heterocycles. The first-order valence-electron chi connectivity index (χ1n) is 18.8. The maximum absolute atomic E-state index is 3.66. The first-order chi connectivity index (χ1) is 26.2. The molecule has 6 aromatic rings. The monoisotopic (exact) mass is 720 g/mol. The number of hydrogen-bond acceptors (Lipinski definition) is 4. The summed E-state index contributed by atoms with van der Waals surface area (Å²) in [4.78, 5) is 5.09. The Balaban J connectivity index is 0.950. The fourth-order valence-corrected chi connectivity index (χ4v) is 10.4. The van der Waals surface area contributed by atoms with E-state index in [1.54, 1.807) is 0 Å². The summed E-state index contributed by atoms with van der Waals surface area (Å²) in [5.74, 6) is 0. The molecule has 4 aliphatic rings. The molecule has 4 heteroatoms. The fraction of sp³-hybridized carbons (Fsp3) is 0.143. The van der Waals surface area contributed by atoms with Gasteiger partial charge in [-0.05, 0) is 136 Å². The summed E-state index contributed by atoms with van der Waals surface area (Å²) in [6, 6.07) is 40.8. The average molecular weight is 721 g/mol. The molecule has 2 nitrogen and oxygen atoms in total. The van der Waals surface area contributed by atoms with Crippen molar-refractivity contribution < 1.29 is 0 Å². The van der Waals surface area contributed by atoms with E-state index < -0.39 is 0 Å². The normalized spacial score (nSPS) is 18.5. The average Bonchev–Trinajstić information content (AvgIpc) is 3.87. The van der Waals surface area contributed by atoms with Crippen LogP contribution >= 0.6 is 22.7 Å². The highest BCUT2D eigenvalue weighted by Gasteiger charge is 2.24. The van der Waals surface area contributed by atoms with Gasteiger partial charge in [0.15, 0.2) is 0 Å². The predicted molar refractivity (Wildman–Crippen MR) is 229 cm³/mol. The van der Waals surface area contributed by atoms with E-state index in [0.29, 0.717) is 6.04 Å². The van der Waals surface area contributed by atoms with Gasteiger partial charge in [0, 0.05) is 48.8 Å². The molecule has 0 saturated carbocycles. The Kier molecular flexibility index (Phi) is 8.52. The number of fused-ring (bicyclic) bond motifs is 3. The Hall–Kier alpha value is -5.26. The lowest BCUT2D eigenvalue weighted by Gasteiger charge is -2.31. The molecule has 0 fully saturated rings. The van der Waals surface area contributed by atoms with Gasteiger partial charge in [-0.15, -0.1) is 22.7 Å². The molecule has 3 aliphatic carbocycles. The van der Waals surface area contributed by atoms with Crippen molar-refractivity contribution in [2.45, 2.75) is 38.1 Å². The van der Waals surface area contributed by atoms with Crippen LogP contribution in [0.1, 0.15) is 32.1 Å². The molecule has 1 unspecified atom stereocenters. The van der Waals surface area contributed by atoms with Gasteiger partial charge < -0.3 is 10.2 Å². The summed E-state index contributed by atoms with van der Waals surface area (Å²) < 4.78 is 2.66. The zero-order chi connectivity index (χ0) is 35.1. The summed E-state index contributed by atoms with van der Waals surface area (Å²) in [5, 5.41) is 6.28. The minimum Gasteiger partial charge on any atom is -0.314 e. The van der Waals surface area contributed by atoms with E-state index >= 15 is 0 Å². The van der Waals surface area contributed by atoms with E-state index in [0.717, 1.165) is 38.6 Å². The first kappa shape index (κ1) is 32.4. The van der Waals surface area contributed by atoms with Crippen molar-refractivity contribution in [3.05, 3.63) is 191 Å². The zero-order valence-electron chi connectivity index (χ0n) is 29.6. The van der Waals surface area contributed by atoms with Crippen LogP contribution in [0.4, 0.5) is 11.4 Å². The predicted octanol–water partition coefficient (Wildman–Crippen LogP) is 13.6. The summed E-state index contributed by atoms with van der Waals surface area (Å²) in [6.45, 7) is 0.968. The third kappa shape index (κ3) is 6.42. The van der Waals surface area contributed by atoms with Crippen LogP contribution in [0.25, 0.3) is 41.1 Å². The second-order valence-electron chi connectivity index (χ2n) is 14.4. The van der Waals surface area contributed by atoms with Crippen LogP contribution in [0.15, 0.2) is 191 Å². The lowest BCUT2D eigenvalue weighted by Crippen LogP contribution is -2.35. The lowest BCUT2D eigenvalue weighted by molar-refractivity contribution is 0.590. The number of rotatable bonds is 7. The van der Waals surface area contributed by atoms with Gasteiger partial charge in [0.1, 0.15) is 0 Å². The molecule has 0 saturated heterocycles. The highest BCUT2D eigenvalue weighted by molar-refractivity contribution is 7.22. The molecule has 4 aromatic carbocycles. The van der Waals surface area contributed by atoms with E-state index in [-0.39, 0.29) is 0 Å². The van der Waals surface area contributed by atoms with Crippen LogP contribution in [0.5, 0.6) is 0 Å². The highest BCUT2D eigenvalue weighted by Crippen LogP contribution is 2.41. The maximum Gasteiger partial charge on any atom is 0.0458 e. The Bertz CT molecular complexity index is 2400. The van der Waals surface area contributed by atoms with Gasteiger partial charge in [0.25, 0.3) is 0 Å². The molecular weight excluding hydrogens is 681 g/mol. The highest BCUT2D eigenvalue weighted by atomic mass is 32.1. The summed E-state index contributed by atoms with van der Waals surface area (Å²) in [5.41, 5.74) is 13.6. The molecular formula is C49H40N2S2. The van der Waals surface area contributed by atoms with E-state index in [1.807, 2.05) is 22.7 Å². The molecule has 0 spiro atoms. The van der Waals surface area contributed by atoms with E-state index in [1.165, 1.54) is 86.0 Å². The number of hydrogen-bond donors (Lipinski definition) is 1. The Morgan fingerprint density at radius 1 is 0.528 bits per heavy atom. The van der Waals surface area contributed by atoms with Crippen molar-refractivity contribution in [2.24, 2.45) is 0 Å². The minimum atomic E-state index is 0.456. The number of allylic oxidation sites excluding steroid dienone is 10. The van der Waals surface area contributed by atoms with Gasteiger partial charge in [-0.25, -0.2) is 0 Å². The van der Waals surface area contributed by atoms with Gasteiger partial charge in [-0.1, -0.05) is 103 Å².